The highest BCUT2D eigenvalue weighted by molar-refractivity contribution is 5.78. The average Bonchev–Trinajstić information content (AvgIpc) is 2.74. The number of aromatic nitrogens is 2. The Morgan fingerprint density at radius 2 is 1.77 bits per heavy atom. The molecule has 1 aromatic heterocycles. The van der Waals surface area contributed by atoms with Crippen molar-refractivity contribution in [3.63, 3.8) is 0 Å². The Morgan fingerprint density at radius 3 is 2.53 bits per heavy atom. The molecule has 10 heteroatoms. The number of aliphatic carboxylic acids is 1. The third-order valence-electron chi connectivity index (χ3n) is 3.91. The number of carboxylic acids is 1. The van der Waals surface area contributed by atoms with Crippen LogP contribution in [0.4, 0.5) is 38.9 Å². The van der Waals surface area contributed by atoms with Gasteiger partial charge in [-0.3, -0.25) is 4.79 Å². The van der Waals surface area contributed by atoms with Gasteiger partial charge in [-0.25, -0.2) is 9.37 Å². The van der Waals surface area contributed by atoms with Crippen LogP contribution < -0.4 is 21.3 Å². The van der Waals surface area contributed by atoms with Gasteiger partial charge in [0.05, 0.1) is 24.2 Å². The molecule has 0 fully saturated rings. The van der Waals surface area contributed by atoms with Crippen molar-refractivity contribution >= 4 is 40.5 Å². The van der Waals surface area contributed by atoms with Crippen molar-refractivity contribution in [1.29, 1.82) is 0 Å². The van der Waals surface area contributed by atoms with E-state index in [0.29, 0.717) is 23.6 Å². The number of benzene rings is 2. The first-order valence-electron chi connectivity index (χ1n) is 9.11. The zero-order valence-electron chi connectivity index (χ0n) is 15.9. The van der Waals surface area contributed by atoms with Gasteiger partial charge in [-0.2, -0.15) is 4.98 Å². The molecule has 3 rings (SSSR count). The Bertz CT molecular complexity index is 1020. The Labute approximate surface area is 172 Å². The Morgan fingerprint density at radius 1 is 1.00 bits per heavy atom. The Hall–Kier alpha value is -3.92. The fourth-order valence-corrected chi connectivity index (χ4v) is 2.60. The van der Waals surface area contributed by atoms with Gasteiger partial charge in [-0.05, 0) is 30.3 Å². The second kappa shape index (κ2) is 10.0. The van der Waals surface area contributed by atoms with Gasteiger partial charge in [0, 0.05) is 17.9 Å². The molecule has 30 heavy (non-hydrogen) atoms. The molecule has 0 spiro atoms. The van der Waals surface area contributed by atoms with Gasteiger partial charge in [0.15, 0.2) is 11.6 Å². The number of carboxylic acid groups (broad SMARTS) is 1. The van der Waals surface area contributed by atoms with Crippen molar-refractivity contribution in [2.45, 2.75) is 0 Å². The van der Waals surface area contributed by atoms with Gasteiger partial charge in [-0.1, -0.05) is 18.2 Å². The highest BCUT2D eigenvalue weighted by atomic mass is 19.1. The van der Waals surface area contributed by atoms with Crippen LogP contribution in [0, 0.1) is 5.82 Å². The second-order valence-corrected chi connectivity index (χ2v) is 6.16. The summed E-state index contributed by atoms with van der Waals surface area (Å²) in [5.74, 6) is -1.52. The molecule has 0 amide bonds. The zero-order chi connectivity index (χ0) is 21.3. The van der Waals surface area contributed by atoms with Crippen molar-refractivity contribution in [3.8, 4) is 0 Å². The van der Waals surface area contributed by atoms with Gasteiger partial charge < -0.3 is 31.5 Å². The molecule has 0 radical (unpaired) electrons. The van der Waals surface area contributed by atoms with E-state index in [2.05, 4.69) is 31.2 Å². The molecular formula is C20H21FN6O3. The average molecular weight is 412 g/mol. The first kappa shape index (κ1) is 20.8. The van der Waals surface area contributed by atoms with E-state index in [1.807, 2.05) is 6.07 Å². The lowest BCUT2D eigenvalue weighted by molar-refractivity contribution is -0.134. The minimum Gasteiger partial charge on any atom is -0.480 e. The quantitative estimate of drug-likeness (QED) is 0.297. The SMILES string of the molecule is O=C(O)CNc1ccccc1Nc1ncc(F)c(Nc2cccc(NCCO)c2)n1. The number of rotatable bonds is 10. The molecule has 3 aromatic rings. The first-order valence-corrected chi connectivity index (χ1v) is 9.11. The highest BCUT2D eigenvalue weighted by Crippen LogP contribution is 2.26. The standard InChI is InChI=1S/C20H21FN6O3/c21-15-11-24-20(26-17-7-2-1-6-16(17)23-12-18(29)30)27-19(15)25-14-5-3-4-13(10-14)22-8-9-28/h1-7,10-11,22-23,28H,8-9,12H2,(H,29,30)(H2,24,25,26,27). The fourth-order valence-electron chi connectivity index (χ4n) is 2.60. The highest BCUT2D eigenvalue weighted by Gasteiger charge is 2.10. The van der Waals surface area contributed by atoms with Gasteiger partial charge in [-0.15, -0.1) is 0 Å². The maximum atomic E-state index is 14.2. The van der Waals surface area contributed by atoms with Crippen LogP contribution in [0.1, 0.15) is 0 Å². The molecule has 0 aliphatic heterocycles. The van der Waals surface area contributed by atoms with E-state index >= 15 is 0 Å². The van der Waals surface area contributed by atoms with Gasteiger partial charge >= 0.3 is 5.97 Å². The maximum Gasteiger partial charge on any atom is 0.322 e. The van der Waals surface area contributed by atoms with Crippen LogP contribution in [0.2, 0.25) is 0 Å². The number of anilines is 6. The normalized spacial score (nSPS) is 10.3. The van der Waals surface area contributed by atoms with E-state index in [1.165, 1.54) is 0 Å². The summed E-state index contributed by atoms with van der Waals surface area (Å²) in [4.78, 5) is 18.9. The smallest absolute Gasteiger partial charge is 0.322 e. The van der Waals surface area contributed by atoms with Crippen LogP contribution in [0.3, 0.4) is 0 Å². The van der Waals surface area contributed by atoms with E-state index in [4.69, 9.17) is 10.2 Å². The monoisotopic (exact) mass is 412 g/mol. The summed E-state index contributed by atoms with van der Waals surface area (Å²) in [6.07, 6.45) is 1.04. The van der Waals surface area contributed by atoms with Crippen LogP contribution in [0.15, 0.2) is 54.7 Å². The van der Waals surface area contributed by atoms with Crippen LogP contribution >= 0.6 is 0 Å². The summed E-state index contributed by atoms with van der Waals surface area (Å²) in [7, 11) is 0. The first-order chi connectivity index (χ1) is 14.5. The van der Waals surface area contributed by atoms with Crippen molar-refractivity contribution in [1.82, 2.24) is 9.97 Å². The third kappa shape index (κ3) is 5.79. The number of para-hydroxylation sites is 2. The number of nitrogens with zero attached hydrogens (tertiary/aromatic N) is 2. The fraction of sp³-hybridized carbons (Fsp3) is 0.150. The summed E-state index contributed by atoms with van der Waals surface area (Å²) < 4.78 is 14.2. The molecule has 0 saturated heterocycles. The third-order valence-corrected chi connectivity index (χ3v) is 3.91. The summed E-state index contributed by atoms with van der Waals surface area (Å²) in [5.41, 5.74) is 2.46. The van der Waals surface area contributed by atoms with E-state index in [9.17, 15) is 9.18 Å². The van der Waals surface area contributed by atoms with Gasteiger partial charge in [0.1, 0.15) is 6.54 Å². The number of aliphatic hydroxyl groups excluding tert-OH is 1. The lowest BCUT2D eigenvalue weighted by Crippen LogP contribution is -2.13. The van der Waals surface area contributed by atoms with Crippen LogP contribution in [0.25, 0.3) is 0 Å². The van der Waals surface area contributed by atoms with Crippen molar-refractivity contribution in [2.75, 3.05) is 41.0 Å². The number of hydrogen-bond acceptors (Lipinski definition) is 8. The molecule has 0 unspecified atom stereocenters. The lowest BCUT2D eigenvalue weighted by atomic mass is 10.2. The molecule has 0 aliphatic carbocycles. The predicted octanol–water partition coefficient (Wildman–Crippen LogP) is 3.00. The Balaban J connectivity index is 1.77. The van der Waals surface area contributed by atoms with Crippen molar-refractivity contribution < 1.29 is 19.4 Å². The van der Waals surface area contributed by atoms with Crippen molar-refractivity contribution in [2.24, 2.45) is 0 Å². The number of carbonyl (C=O) groups is 1. The summed E-state index contributed by atoms with van der Waals surface area (Å²) in [6, 6.07) is 14.1. The molecular weight excluding hydrogens is 391 g/mol. The van der Waals surface area contributed by atoms with E-state index < -0.39 is 11.8 Å². The predicted molar refractivity (Wildman–Crippen MR) is 113 cm³/mol. The minimum atomic E-state index is -0.995. The van der Waals surface area contributed by atoms with E-state index in [0.717, 1.165) is 11.9 Å². The zero-order valence-corrected chi connectivity index (χ0v) is 15.9. The topological polar surface area (TPSA) is 131 Å². The number of halogens is 1. The van der Waals surface area contributed by atoms with Crippen molar-refractivity contribution in [3.05, 3.63) is 60.5 Å². The number of aliphatic hydroxyl groups is 1. The lowest BCUT2D eigenvalue weighted by Gasteiger charge is -2.13. The molecule has 2 aromatic carbocycles. The molecule has 9 nitrogen and oxygen atoms in total. The maximum absolute atomic E-state index is 14.2. The summed E-state index contributed by atoms with van der Waals surface area (Å²) in [5, 5.41) is 29.5. The van der Waals surface area contributed by atoms with Crippen LogP contribution in [-0.2, 0) is 4.79 Å². The largest absolute Gasteiger partial charge is 0.480 e. The molecule has 6 N–H and O–H groups in total. The van der Waals surface area contributed by atoms with E-state index in [1.54, 1.807) is 42.5 Å². The van der Waals surface area contributed by atoms with Crippen LogP contribution in [-0.4, -0.2) is 45.8 Å². The molecule has 0 aliphatic rings. The minimum absolute atomic E-state index is 0.00395. The van der Waals surface area contributed by atoms with Gasteiger partial charge in [0.25, 0.3) is 0 Å². The summed E-state index contributed by atoms with van der Waals surface area (Å²) >= 11 is 0. The van der Waals surface area contributed by atoms with E-state index in [-0.39, 0.29) is 24.9 Å². The second-order valence-electron chi connectivity index (χ2n) is 6.16. The summed E-state index contributed by atoms with van der Waals surface area (Å²) in [6.45, 7) is 0.140. The molecule has 0 saturated carbocycles. The molecule has 156 valence electrons. The molecule has 1 heterocycles. The van der Waals surface area contributed by atoms with Crippen LogP contribution in [0.5, 0.6) is 0 Å². The van der Waals surface area contributed by atoms with Gasteiger partial charge in [0.2, 0.25) is 5.95 Å². The Kier molecular flexibility index (Phi) is 6.95. The number of nitrogens with one attached hydrogen (secondary N) is 4. The number of hydrogen-bond donors (Lipinski definition) is 6. The molecule has 0 bridgehead atoms. The molecule has 0 atom stereocenters.